The zero-order chi connectivity index (χ0) is 12.3. The number of rotatable bonds is 3. The van der Waals surface area contributed by atoms with E-state index in [9.17, 15) is 8.78 Å². The number of pyridine rings is 1. The summed E-state index contributed by atoms with van der Waals surface area (Å²) in [5, 5.41) is 3.12. The molecular weight excluding hydrogens is 222 g/mol. The van der Waals surface area contributed by atoms with Crippen LogP contribution in [-0.2, 0) is 0 Å². The molecule has 94 valence electrons. The van der Waals surface area contributed by atoms with Crippen LogP contribution in [0.25, 0.3) is 0 Å². The van der Waals surface area contributed by atoms with E-state index in [1.807, 2.05) is 0 Å². The van der Waals surface area contributed by atoms with E-state index < -0.39 is 11.6 Å². The second-order valence-corrected chi connectivity index (χ2v) is 4.69. The molecule has 2 atom stereocenters. The molecule has 1 aliphatic rings. The van der Waals surface area contributed by atoms with Crippen molar-refractivity contribution in [2.24, 2.45) is 5.92 Å². The molecule has 1 N–H and O–H groups in total. The van der Waals surface area contributed by atoms with Gasteiger partial charge in [0.2, 0.25) is 0 Å². The van der Waals surface area contributed by atoms with Gasteiger partial charge in [-0.3, -0.25) is 0 Å². The Labute approximate surface area is 100 Å². The molecule has 4 heteroatoms. The first-order valence-corrected chi connectivity index (χ1v) is 6.28. The molecule has 2 unspecified atom stereocenters. The van der Waals surface area contributed by atoms with Gasteiger partial charge < -0.3 is 5.32 Å². The average molecular weight is 240 g/mol. The Morgan fingerprint density at radius 1 is 1.35 bits per heavy atom. The van der Waals surface area contributed by atoms with Gasteiger partial charge in [0.1, 0.15) is 5.82 Å². The van der Waals surface area contributed by atoms with E-state index in [1.54, 1.807) is 0 Å². The predicted molar refractivity (Wildman–Crippen MR) is 63.8 cm³/mol. The van der Waals surface area contributed by atoms with Gasteiger partial charge in [-0.2, -0.15) is 0 Å². The van der Waals surface area contributed by atoms with Crippen LogP contribution in [-0.4, -0.2) is 11.0 Å². The molecule has 1 aliphatic carbocycles. The maximum absolute atomic E-state index is 13.5. The Bertz CT molecular complexity index is 382. The van der Waals surface area contributed by atoms with Gasteiger partial charge >= 0.3 is 0 Å². The average Bonchev–Trinajstić information content (AvgIpc) is 2.33. The molecule has 1 aromatic heterocycles. The molecule has 0 amide bonds. The Morgan fingerprint density at radius 2 is 2.12 bits per heavy atom. The van der Waals surface area contributed by atoms with Crippen molar-refractivity contribution < 1.29 is 8.78 Å². The molecule has 1 aromatic rings. The molecule has 1 saturated carbocycles. The van der Waals surface area contributed by atoms with E-state index in [1.165, 1.54) is 12.8 Å². The number of nitrogens with zero attached hydrogens (tertiary/aromatic N) is 1. The third-order valence-corrected chi connectivity index (χ3v) is 3.56. The summed E-state index contributed by atoms with van der Waals surface area (Å²) in [5.74, 6) is -0.499. The van der Waals surface area contributed by atoms with E-state index >= 15 is 0 Å². The lowest BCUT2D eigenvalue weighted by Crippen LogP contribution is -2.32. The summed E-state index contributed by atoms with van der Waals surface area (Å²) in [5.41, 5.74) is 0. The second-order valence-electron chi connectivity index (χ2n) is 4.69. The quantitative estimate of drug-likeness (QED) is 0.870. The van der Waals surface area contributed by atoms with Crippen LogP contribution in [0.3, 0.4) is 0 Å². The fourth-order valence-electron chi connectivity index (χ4n) is 2.58. The molecule has 17 heavy (non-hydrogen) atoms. The number of hydrogen-bond donors (Lipinski definition) is 1. The van der Waals surface area contributed by atoms with Crippen LogP contribution in [0.5, 0.6) is 0 Å². The molecule has 2 nitrogen and oxygen atoms in total. The van der Waals surface area contributed by atoms with Gasteiger partial charge in [0.15, 0.2) is 11.6 Å². The molecule has 0 aromatic carbocycles. The SMILES string of the molecule is CCC1CCCCC1Nc1ncc(F)cc1F. The zero-order valence-electron chi connectivity index (χ0n) is 10.0. The first-order valence-electron chi connectivity index (χ1n) is 6.28. The van der Waals surface area contributed by atoms with Gasteiger partial charge in [-0.15, -0.1) is 0 Å². The Kier molecular flexibility index (Phi) is 3.92. The van der Waals surface area contributed by atoms with E-state index in [-0.39, 0.29) is 11.9 Å². The van der Waals surface area contributed by atoms with Crippen molar-refractivity contribution in [2.75, 3.05) is 5.32 Å². The minimum Gasteiger partial charge on any atom is -0.365 e. The molecule has 1 fully saturated rings. The van der Waals surface area contributed by atoms with Gasteiger partial charge in [0, 0.05) is 12.1 Å². The summed E-state index contributed by atoms with van der Waals surface area (Å²) in [6.45, 7) is 2.15. The number of halogens is 2. The van der Waals surface area contributed by atoms with E-state index in [2.05, 4.69) is 17.2 Å². The van der Waals surface area contributed by atoms with Crippen LogP contribution >= 0.6 is 0 Å². The van der Waals surface area contributed by atoms with Gasteiger partial charge in [-0.25, -0.2) is 13.8 Å². The smallest absolute Gasteiger partial charge is 0.168 e. The summed E-state index contributed by atoms with van der Waals surface area (Å²) >= 11 is 0. The molecule has 0 aliphatic heterocycles. The molecule has 0 spiro atoms. The third-order valence-electron chi connectivity index (χ3n) is 3.56. The van der Waals surface area contributed by atoms with Crippen LogP contribution in [0, 0.1) is 17.6 Å². The fraction of sp³-hybridized carbons (Fsp3) is 0.615. The number of aromatic nitrogens is 1. The van der Waals surface area contributed by atoms with Gasteiger partial charge in [-0.05, 0) is 18.8 Å². The molecule has 1 heterocycles. The fourth-order valence-corrected chi connectivity index (χ4v) is 2.58. The minimum absolute atomic E-state index is 0.178. The molecule has 0 radical (unpaired) electrons. The van der Waals surface area contributed by atoms with Crippen molar-refractivity contribution in [3.63, 3.8) is 0 Å². The maximum atomic E-state index is 13.5. The van der Waals surface area contributed by atoms with Crippen LogP contribution in [0.1, 0.15) is 39.0 Å². The zero-order valence-corrected chi connectivity index (χ0v) is 10.0. The summed E-state index contributed by atoms with van der Waals surface area (Å²) in [6.07, 6.45) is 6.76. The van der Waals surface area contributed by atoms with Crippen LogP contribution in [0.4, 0.5) is 14.6 Å². The van der Waals surface area contributed by atoms with Gasteiger partial charge in [-0.1, -0.05) is 26.2 Å². The Balaban J connectivity index is 2.08. The number of hydrogen-bond acceptors (Lipinski definition) is 2. The van der Waals surface area contributed by atoms with E-state index in [4.69, 9.17) is 0 Å². The first kappa shape index (κ1) is 12.3. The number of nitrogens with one attached hydrogen (secondary N) is 1. The lowest BCUT2D eigenvalue weighted by atomic mass is 9.83. The van der Waals surface area contributed by atoms with Crippen LogP contribution < -0.4 is 5.32 Å². The van der Waals surface area contributed by atoms with E-state index in [0.717, 1.165) is 31.5 Å². The topological polar surface area (TPSA) is 24.9 Å². The van der Waals surface area contributed by atoms with Crippen molar-refractivity contribution in [1.82, 2.24) is 4.98 Å². The highest BCUT2D eigenvalue weighted by atomic mass is 19.1. The number of anilines is 1. The largest absolute Gasteiger partial charge is 0.365 e. The minimum atomic E-state index is -0.635. The van der Waals surface area contributed by atoms with E-state index in [0.29, 0.717) is 5.92 Å². The maximum Gasteiger partial charge on any atom is 0.168 e. The Morgan fingerprint density at radius 3 is 2.82 bits per heavy atom. The highest BCUT2D eigenvalue weighted by Gasteiger charge is 2.24. The van der Waals surface area contributed by atoms with Crippen molar-refractivity contribution in [1.29, 1.82) is 0 Å². The molecule has 0 bridgehead atoms. The van der Waals surface area contributed by atoms with Gasteiger partial charge in [0.25, 0.3) is 0 Å². The summed E-state index contributed by atoms with van der Waals surface area (Å²) in [7, 11) is 0. The van der Waals surface area contributed by atoms with Crippen molar-refractivity contribution in [3.05, 3.63) is 23.9 Å². The summed E-state index contributed by atoms with van der Waals surface area (Å²) in [6, 6.07) is 1.14. The summed E-state index contributed by atoms with van der Waals surface area (Å²) in [4.78, 5) is 3.78. The molecule has 0 saturated heterocycles. The summed E-state index contributed by atoms with van der Waals surface area (Å²) < 4.78 is 26.2. The Hall–Kier alpha value is -1.19. The second kappa shape index (κ2) is 5.43. The highest BCUT2D eigenvalue weighted by Crippen LogP contribution is 2.29. The van der Waals surface area contributed by atoms with Gasteiger partial charge in [0.05, 0.1) is 6.20 Å². The van der Waals surface area contributed by atoms with Crippen LogP contribution in [0.2, 0.25) is 0 Å². The lowest BCUT2D eigenvalue weighted by molar-refractivity contribution is 0.316. The van der Waals surface area contributed by atoms with Crippen molar-refractivity contribution in [3.8, 4) is 0 Å². The molecule has 2 rings (SSSR count). The highest BCUT2D eigenvalue weighted by molar-refractivity contribution is 5.37. The van der Waals surface area contributed by atoms with Crippen molar-refractivity contribution in [2.45, 2.75) is 45.1 Å². The predicted octanol–water partition coefficient (Wildman–Crippen LogP) is 3.74. The van der Waals surface area contributed by atoms with Crippen LogP contribution in [0.15, 0.2) is 12.3 Å². The standard InChI is InChI=1S/C13H18F2N2/c1-2-9-5-3-4-6-12(9)17-13-11(15)7-10(14)8-16-13/h7-9,12H,2-6H2,1H3,(H,16,17). The first-order chi connectivity index (χ1) is 8.20. The van der Waals surface area contributed by atoms with Crippen molar-refractivity contribution >= 4 is 5.82 Å². The molecular formula is C13H18F2N2. The third kappa shape index (κ3) is 2.93. The monoisotopic (exact) mass is 240 g/mol. The lowest BCUT2D eigenvalue weighted by Gasteiger charge is -2.31. The normalized spacial score (nSPS) is 24.6.